The highest BCUT2D eigenvalue weighted by molar-refractivity contribution is 7.20. The predicted molar refractivity (Wildman–Crippen MR) is 124 cm³/mol. The number of unbranched alkanes of at least 4 members (excludes halogenated alkanes) is 5. The molecule has 28 heavy (non-hydrogen) atoms. The molecule has 0 aliphatic carbocycles. The molecule has 1 amide bonds. The van der Waals surface area contributed by atoms with Crippen LogP contribution in [0.3, 0.4) is 0 Å². The van der Waals surface area contributed by atoms with Crippen molar-refractivity contribution in [2.45, 2.75) is 84.7 Å². The quantitative estimate of drug-likeness (QED) is 0.159. The molecular formula is C24H42NO2P. The lowest BCUT2D eigenvalue weighted by Gasteiger charge is -2.47. The van der Waals surface area contributed by atoms with E-state index in [0.29, 0.717) is 19.5 Å². The van der Waals surface area contributed by atoms with Gasteiger partial charge in [-0.25, -0.2) is 4.79 Å². The minimum Gasteiger partial charge on any atom is -0.625 e. The molecule has 0 heterocycles. The summed E-state index contributed by atoms with van der Waals surface area (Å²) < 4.78 is -0.733. The van der Waals surface area contributed by atoms with Gasteiger partial charge in [-0.15, -0.1) is 9.24 Å². The Kier molecular flexibility index (Phi) is 10.9. The van der Waals surface area contributed by atoms with Gasteiger partial charge < -0.3 is 5.21 Å². The van der Waals surface area contributed by atoms with Crippen LogP contribution >= 0.6 is 9.24 Å². The van der Waals surface area contributed by atoms with Crippen LogP contribution in [-0.2, 0) is 9.95 Å². The molecule has 2 unspecified atom stereocenters. The first-order valence-electron chi connectivity index (χ1n) is 11.1. The summed E-state index contributed by atoms with van der Waals surface area (Å²) in [7, 11) is 2.80. The lowest BCUT2D eigenvalue weighted by molar-refractivity contribution is -0.812. The second kappa shape index (κ2) is 12.1. The van der Waals surface area contributed by atoms with Gasteiger partial charge in [0.05, 0.1) is 13.1 Å². The molecule has 0 radical (unpaired) electrons. The van der Waals surface area contributed by atoms with Crippen LogP contribution < -0.4 is 0 Å². The summed E-state index contributed by atoms with van der Waals surface area (Å²) in [6.07, 6.45) is 7.75. The molecule has 0 spiro atoms. The van der Waals surface area contributed by atoms with E-state index in [2.05, 4.69) is 16.2 Å². The van der Waals surface area contributed by atoms with Gasteiger partial charge in [0.25, 0.3) is 0 Å². The van der Waals surface area contributed by atoms with Gasteiger partial charge in [-0.05, 0) is 12.0 Å². The zero-order valence-electron chi connectivity index (χ0n) is 18.7. The van der Waals surface area contributed by atoms with E-state index in [0.717, 1.165) is 18.4 Å². The third-order valence-corrected chi connectivity index (χ3v) is 6.15. The number of benzene rings is 1. The van der Waals surface area contributed by atoms with Gasteiger partial charge in [-0.2, -0.15) is 0 Å². The first kappa shape index (κ1) is 25.3. The minimum atomic E-state index is -0.808. The van der Waals surface area contributed by atoms with Crippen molar-refractivity contribution in [1.82, 2.24) is 0 Å². The molecule has 0 bridgehead atoms. The molecule has 1 rings (SSSR count). The summed E-state index contributed by atoms with van der Waals surface area (Å²) in [6.45, 7) is 11.0. The smallest absolute Gasteiger partial charge is 0.328 e. The number of amides is 1. The number of hydrogen-bond donors (Lipinski definition) is 0. The minimum absolute atomic E-state index is 0.180. The number of quaternary nitrogens is 1. The Morgan fingerprint density at radius 2 is 1.46 bits per heavy atom. The molecule has 3 nitrogen and oxygen atoms in total. The van der Waals surface area contributed by atoms with E-state index in [1.807, 2.05) is 58.0 Å². The molecule has 0 N–H and O–H groups in total. The number of hydroxylamine groups is 3. The molecule has 160 valence electrons. The van der Waals surface area contributed by atoms with Crippen molar-refractivity contribution in [2.75, 3.05) is 13.1 Å². The Morgan fingerprint density at radius 3 is 1.96 bits per heavy atom. The van der Waals surface area contributed by atoms with E-state index in [-0.39, 0.29) is 17.7 Å². The third-order valence-electron chi connectivity index (χ3n) is 5.29. The van der Waals surface area contributed by atoms with Gasteiger partial charge in [0, 0.05) is 11.8 Å². The fraction of sp³-hybridized carbons (Fsp3) is 0.708. The van der Waals surface area contributed by atoms with Crippen molar-refractivity contribution < 1.29 is 9.44 Å². The first-order chi connectivity index (χ1) is 13.2. The number of hydrogen-bond acceptors (Lipinski definition) is 2. The summed E-state index contributed by atoms with van der Waals surface area (Å²) in [5.41, 5.74) is 0.949. The van der Waals surface area contributed by atoms with Gasteiger partial charge >= 0.3 is 5.91 Å². The molecule has 0 saturated carbocycles. The van der Waals surface area contributed by atoms with Gasteiger partial charge in [-0.1, -0.05) is 103 Å². The lowest BCUT2D eigenvalue weighted by atomic mass is 9.89. The van der Waals surface area contributed by atoms with Crippen molar-refractivity contribution in [3.05, 3.63) is 41.1 Å². The van der Waals surface area contributed by atoms with E-state index in [1.165, 1.54) is 25.7 Å². The second-order valence-electron chi connectivity index (χ2n) is 9.20. The third kappa shape index (κ3) is 7.58. The monoisotopic (exact) mass is 407 g/mol. The summed E-state index contributed by atoms with van der Waals surface area (Å²) in [5.74, 6) is 0.165. The molecule has 1 aromatic carbocycles. The van der Waals surface area contributed by atoms with Crippen LogP contribution in [0.1, 0.15) is 85.1 Å². The molecule has 0 aromatic heterocycles. The molecule has 0 aliphatic heterocycles. The summed E-state index contributed by atoms with van der Waals surface area (Å²) >= 11 is 0. The molecule has 0 fully saturated rings. The summed E-state index contributed by atoms with van der Waals surface area (Å²) in [5, 5.41) is 13.0. The van der Waals surface area contributed by atoms with E-state index in [4.69, 9.17) is 0 Å². The highest BCUT2D eigenvalue weighted by Crippen LogP contribution is 2.41. The van der Waals surface area contributed by atoms with Crippen LogP contribution in [0.2, 0.25) is 0 Å². The number of carbonyl (C=O) groups is 1. The van der Waals surface area contributed by atoms with Crippen molar-refractivity contribution in [1.29, 1.82) is 0 Å². The van der Waals surface area contributed by atoms with E-state index < -0.39 is 9.80 Å². The topological polar surface area (TPSA) is 40.1 Å². The zero-order chi connectivity index (χ0) is 21.2. The zero-order valence-corrected chi connectivity index (χ0v) is 19.9. The fourth-order valence-electron chi connectivity index (χ4n) is 4.08. The van der Waals surface area contributed by atoms with Crippen LogP contribution in [0.25, 0.3) is 0 Å². The average molecular weight is 408 g/mol. The van der Waals surface area contributed by atoms with Gasteiger partial charge in [-0.3, -0.25) is 4.65 Å². The summed E-state index contributed by atoms with van der Waals surface area (Å²) in [6, 6.07) is 9.89. The first-order valence-corrected chi connectivity index (χ1v) is 11.7. The Bertz CT molecular complexity index is 563. The van der Waals surface area contributed by atoms with E-state index >= 15 is 0 Å². The van der Waals surface area contributed by atoms with Crippen molar-refractivity contribution >= 4 is 15.1 Å². The lowest BCUT2D eigenvalue weighted by Crippen LogP contribution is -2.57. The molecule has 4 heteroatoms. The van der Waals surface area contributed by atoms with Gasteiger partial charge in [0.1, 0.15) is 5.16 Å². The number of nitrogens with zero attached hydrogens (tertiary/aromatic N) is 1. The van der Waals surface area contributed by atoms with E-state index in [9.17, 15) is 10.0 Å². The Morgan fingerprint density at radius 1 is 0.964 bits per heavy atom. The number of rotatable bonds is 13. The molecule has 0 aliphatic rings. The standard InChI is InChI=1S/C24H42NO2P/c1-6-7-8-9-10-14-17-24(28,22-15-12-11-13-16-22)23(26)25(27,18-20(2)3)19-21(4)5/h11-13,15-16,20-21H,6-10,14,17-19,28H2,1-5H3. The predicted octanol–water partition coefficient (Wildman–Crippen LogP) is 6.66. The molecule has 1 aromatic rings. The summed E-state index contributed by atoms with van der Waals surface area (Å²) in [4.78, 5) is 13.8. The number of carbonyl (C=O) groups excluding carboxylic acids is 1. The maximum absolute atomic E-state index is 13.8. The van der Waals surface area contributed by atoms with Crippen LogP contribution in [0, 0.1) is 17.0 Å². The van der Waals surface area contributed by atoms with Crippen LogP contribution in [0.15, 0.2) is 30.3 Å². The van der Waals surface area contributed by atoms with Crippen LogP contribution in [0.5, 0.6) is 0 Å². The van der Waals surface area contributed by atoms with Crippen molar-refractivity contribution in [2.24, 2.45) is 11.8 Å². The largest absolute Gasteiger partial charge is 0.625 e. The van der Waals surface area contributed by atoms with Crippen LogP contribution in [0.4, 0.5) is 0 Å². The Labute approximate surface area is 175 Å². The highest BCUT2D eigenvalue weighted by Gasteiger charge is 2.45. The SMILES string of the molecule is CCCCCCCCC(P)(C(=O)[N+]([O-])(CC(C)C)CC(C)C)c1ccccc1. The molecular weight excluding hydrogens is 365 g/mol. The second-order valence-corrected chi connectivity index (χ2v) is 10.2. The fourth-order valence-corrected chi connectivity index (χ4v) is 4.71. The molecule has 0 saturated heterocycles. The maximum Gasteiger partial charge on any atom is 0.328 e. The van der Waals surface area contributed by atoms with Gasteiger partial charge in [0.2, 0.25) is 0 Å². The average Bonchev–Trinajstić information content (AvgIpc) is 2.63. The maximum atomic E-state index is 13.8. The van der Waals surface area contributed by atoms with Crippen molar-refractivity contribution in [3.63, 3.8) is 0 Å². The van der Waals surface area contributed by atoms with Crippen LogP contribution in [-0.4, -0.2) is 23.6 Å². The highest BCUT2D eigenvalue weighted by atomic mass is 31.0. The van der Waals surface area contributed by atoms with Crippen molar-refractivity contribution in [3.8, 4) is 0 Å². The Hall–Kier alpha value is -0.760. The Balaban J connectivity index is 3.09. The molecule has 2 atom stereocenters. The van der Waals surface area contributed by atoms with Gasteiger partial charge in [0.15, 0.2) is 0 Å². The normalized spacial score (nSPS) is 14.5. The van der Waals surface area contributed by atoms with E-state index in [1.54, 1.807) is 0 Å².